The van der Waals surface area contributed by atoms with Crippen molar-refractivity contribution < 1.29 is 23.9 Å². The molecule has 120 valence electrons. The van der Waals surface area contributed by atoms with Crippen LogP contribution in [0.5, 0.6) is 0 Å². The number of hydrogen-bond donors (Lipinski definition) is 0. The minimum atomic E-state index is -0.688. The zero-order chi connectivity index (χ0) is 15.9. The molecule has 0 aliphatic heterocycles. The third-order valence-electron chi connectivity index (χ3n) is 3.12. The van der Waals surface area contributed by atoms with Crippen molar-refractivity contribution in [1.29, 1.82) is 0 Å². The lowest BCUT2D eigenvalue weighted by atomic mass is 10.1. The number of hydrogen-bond acceptors (Lipinski definition) is 5. The summed E-state index contributed by atoms with van der Waals surface area (Å²) in [7, 11) is 1.41. The van der Waals surface area contributed by atoms with Gasteiger partial charge in [0, 0.05) is 18.9 Å². The van der Waals surface area contributed by atoms with Crippen molar-refractivity contribution in [3.05, 3.63) is 12.7 Å². The highest BCUT2D eigenvalue weighted by atomic mass is 16.6. The molecule has 0 saturated carbocycles. The summed E-state index contributed by atoms with van der Waals surface area (Å²) in [6.07, 6.45) is 9.84. The zero-order valence-corrected chi connectivity index (χ0v) is 12.9. The second-order valence-corrected chi connectivity index (χ2v) is 4.90. The van der Waals surface area contributed by atoms with Gasteiger partial charge in [0.2, 0.25) is 0 Å². The van der Waals surface area contributed by atoms with Crippen LogP contribution >= 0.6 is 0 Å². The van der Waals surface area contributed by atoms with Crippen LogP contribution in [0.2, 0.25) is 0 Å². The van der Waals surface area contributed by atoms with Gasteiger partial charge in [-0.15, -0.1) is 0 Å². The fourth-order valence-corrected chi connectivity index (χ4v) is 1.91. The summed E-state index contributed by atoms with van der Waals surface area (Å²) in [4.78, 5) is 32.8. The van der Waals surface area contributed by atoms with Crippen molar-refractivity contribution in [2.75, 3.05) is 7.11 Å². The van der Waals surface area contributed by atoms with Gasteiger partial charge in [0.1, 0.15) is 0 Å². The second-order valence-electron chi connectivity index (χ2n) is 4.90. The van der Waals surface area contributed by atoms with Gasteiger partial charge >= 0.3 is 17.9 Å². The molecule has 0 spiro atoms. The van der Waals surface area contributed by atoms with Gasteiger partial charge in [0.25, 0.3) is 0 Å². The first-order chi connectivity index (χ1) is 10.1. The number of rotatable bonds is 12. The van der Waals surface area contributed by atoms with Crippen LogP contribution in [0, 0.1) is 0 Å². The molecule has 21 heavy (non-hydrogen) atoms. The van der Waals surface area contributed by atoms with Crippen molar-refractivity contribution in [2.24, 2.45) is 0 Å². The largest absolute Gasteiger partial charge is 0.469 e. The minimum absolute atomic E-state index is 0.142. The number of methoxy groups -OCH3 is 1. The Morgan fingerprint density at radius 1 is 0.810 bits per heavy atom. The number of carbonyl (C=O) groups excluding carboxylic acids is 3. The SMILES string of the molecule is C=CC(=O)OC(=O)CCCCCCCCCCC(=O)OC. The Hall–Kier alpha value is -1.65. The fraction of sp³-hybridized carbons (Fsp3) is 0.688. The number of esters is 3. The molecule has 5 heteroatoms. The fourth-order valence-electron chi connectivity index (χ4n) is 1.91. The van der Waals surface area contributed by atoms with Crippen molar-refractivity contribution in [2.45, 2.75) is 64.2 Å². The van der Waals surface area contributed by atoms with Crippen LogP contribution in [0.4, 0.5) is 0 Å². The summed E-state index contributed by atoms with van der Waals surface area (Å²) in [5.41, 5.74) is 0. The summed E-state index contributed by atoms with van der Waals surface area (Å²) < 4.78 is 9.04. The van der Waals surface area contributed by atoms with Crippen molar-refractivity contribution in [3.8, 4) is 0 Å². The molecular weight excluding hydrogens is 272 g/mol. The van der Waals surface area contributed by atoms with Crippen molar-refractivity contribution in [1.82, 2.24) is 0 Å². The van der Waals surface area contributed by atoms with Crippen molar-refractivity contribution >= 4 is 17.9 Å². The summed E-state index contributed by atoms with van der Waals surface area (Å²) in [6, 6.07) is 0. The highest BCUT2D eigenvalue weighted by molar-refractivity contribution is 5.91. The lowest BCUT2D eigenvalue weighted by Crippen LogP contribution is -2.09. The topological polar surface area (TPSA) is 69.7 Å². The predicted octanol–water partition coefficient (Wildman–Crippen LogP) is 3.32. The van der Waals surface area contributed by atoms with E-state index < -0.39 is 11.9 Å². The summed E-state index contributed by atoms with van der Waals surface area (Å²) in [5, 5.41) is 0. The third-order valence-corrected chi connectivity index (χ3v) is 3.12. The molecule has 0 aromatic carbocycles. The van der Waals surface area contributed by atoms with E-state index in [9.17, 15) is 14.4 Å². The number of ether oxygens (including phenoxy) is 2. The third kappa shape index (κ3) is 13.1. The van der Waals surface area contributed by atoms with Gasteiger partial charge in [0.05, 0.1) is 7.11 Å². The van der Waals surface area contributed by atoms with Crippen LogP contribution < -0.4 is 0 Å². The molecule has 0 unspecified atom stereocenters. The van der Waals surface area contributed by atoms with E-state index in [0.717, 1.165) is 57.4 Å². The van der Waals surface area contributed by atoms with Crippen LogP contribution in [-0.2, 0) is 23.9 Å². The molecule has 0 bridgehead atoms. The highest BCUT2D eigenvalue weighted by Gasteiger charge is 2.06. The van der Waals surface area contributed by atoms with E-state index in [0.29, 0.717) is 6.42 Å². The van der Waals surface area contributed by atoms with Gasteiger partial charge in [0.15, 0.2) is 0 Å². The molecular formula is C16H26O5. The quantitative estimate of drug-likeness (QED) is 0.239. The second kappa shape index (κ2) is 13.3. The van der Waals surface area contributed by atoms with Crippen LogP contribution in [0.1, 0.15) is 64.2 Å². The summed E-state index contributed by atoms with van der Waals surface area (Å²) >= 11 is 0. The molecule has 0 radical (unpaired) electrons. The zero-order valence-electron chi connectivity index (χ0n) is 12.9. The van der Waals surface area contributed by atoms with E-state index >= 15 is 0 Å². The monoisotopic (exact) mass is 298 g/mol. The highest BCUT2D eigenvalue weighted by Crippen LogP contribution is 2.11. The molecule has 0 rings (SSSR count). The Labute approximate surface area is 126 Å². The Bertz CT molecular complexity index is 336. The molecule has 0 aliphatic carbocycles. The van der Waals surface area contributed by atoms with Crippen LogP contribution in [-0.4, -0.2) is 25.0 Å². The van der Waals surface area contributed by atoms with Gasteiger partial charge in [-0.25, -0.2) is 4.79 Å². The Kier molecular flexibility index (Phi) is 12.3. The average Bonchev–Trinajstić information content (AvgIpc) is 2.48. The van der Waals surface area contributed by atoms with E-state index in [-0.39, 0.29) is 12.4 Å². The Morgan fingerprint density at radius 3 is 1.67 bits per heavy atom. The molecule has 0 heterocycles. The first kappa shape index (κ1) is 19.4. The normalized spacial score (nSPS) is 9.95. The lowest BCUT2D eigenvalue weighted by molar-refractivity contribution is -0.156. The molecule has 0 amide bonds. The molecule has 0 saturated heterocycles. The molecule has 5 nitrogen and oxygen atoms in total. The minimum Gasteiger partial charge on any atom is -0.469 e. The standard InChI is InChI=1S/C16H26O5/c1-3-14(17)21-16(19)13-11-9-7-5-4-6-8-10-12-15(18)20-2/h3H,1,4-13H2,2H3. The van der Waals surface area contributed by atoms with E-state index in [1.165, 1.54) is 7.11 Å². The summed E-state index contributed by atoms with van der Waals surface area (Å²) in [5.74, 6) is -1.31. The van der Waals surface area contributed by atoms with Gasteiger partial charge in [-0.1, -0.05) is 45.1 Å². The molecule has 0 aliphatic rings. The first-order valence-corrected chi connectivity index (χ1v) is 7.54. The van der Waals surface area contributed by atoms with Gasteiger partial charge in [-0.3, -0.25) is 9.59 Å². The Balaban J connectivity index is 3.26. The van der Waals surface area contributed by atoms with E-state index in [4.69, 9.17) is 0 Å². The maximum Gasteiger partial charge on any atom is 0.337 e. The maximum absolute atomic E-state index is 11.2. The van der Waals surface area contributed by atoms with Crippen molar-refractivity contribution in [3.63, 3.8) is 0 Å². The van der Waals surface area contributed by atoms with Crippen LogP contribution in [0.3, 0.4) is 0 Å². The van der Waals surface area contributed by atoms with Gasteiger partial charge < -0.3 is 9.47 Å². The first-order valence-electron chi connectivity index (χ1n) is 7.54. The van der Waals surface area contributed by atoms with Crippen LogP contribution in [0.15, 0.2) is 12.7 Å². The molecule has 0 atom stereocenters. The van der Waals surface area contributed by atoms with Crippen LogP contribution in [0.25, 0.3) is 0 Å². The van der Waals surface area contributed by atoms with E-state index in [1.807, 2.05) is 0 Å². The lowest BCUT2D eigenvalue weighted by Gasteiger charge is -2.02. The van der Waals surface area contributed by atoms with Gasteiger partial charge in [-0.2, -0.15) is 0 Å². The molecule has 0 aromatic heterocycles. The number of carbonyl (C=O) groups is 3. The van der Waals surface area contributed by atoms with Gasteiger partial charge in [-0.05, 0) is 12.8 Å². The maximum atomic E-state index is 11.2. The molecule has 0 fully saturated rings. The molecule has 0 N–H and O–H groups in total. The molecule has 0 aromatic rings. The van der Waals surface area contributed by atoms with E-state index in [2.05, 4.69) is 16.1 Å². The number of unbranched alkanes of at least 4 members (excludes halogenated alkanes) is 7. The summed E-state index contributed by atoms with van der Waals surface area (Å²) in [6.45, 7) is 3.23. The van der Waals surface area contributed by atoms with E-state index in [1.54, 1.807) is 0 Å². The predicted molar refractivity (Wildman–Crippen MR) is 79.5 cm³/mol. The smallest absolute Gasteiger partial charge is 0.337 e. The average molecular weight is 298 g/mol. The Morgan fingerprint density at radius 2 is 1.24 bits per heavy atom.